The van der Waals surface area contributed by atoms with Gasteiger partial charge in [0.05, 0.1) is 12.0 Å². The van der Waals surface area contributed by atoms with E-state index in [1.54, 1.807) is 0 Å². The molecule has 2 heterocycles. The minimum absolute atomic E-state index is 0.00756. The molecule has 26 heavy (non-hydrogen) atoms. The summed E-state index contributed by atoms with van der Waals surface area (Å²) in [4.78, 5) is 29.4. The van der Waals surface area contributed by atoms with Crippen molar-refractivity contribution < 1.29 is 9.59 Å². The Morgan fingerprint density at radius 3 is 2.46 bits per heavy atom. The Morgan fingerprint density at radius 1 is 1.00 bits per heavy atom. The van der Waals surface area contributed by atoms with Gasteiger partial charge in [-0.2, -0.15) is 0 Å². The van der Waals surface area contributed by atoms with E-state index in [1.807, 2.05) is 35.2 Å². The second-order valence-electron chi connectivity index (χ2n) is 8.05. The second kappa shape index (κ2) is 7.78. The molecular formula is C21H29N3O2. The Bertz CT molecular complexity index is 636. The predicted molar refractivity (Wildman–Crippen MR) is 100 cm³/mol. The molecule has 2 amide bonds. The first-order valence-corrected chi connectivity index (χ1v) is 10.1. The SMILES string of the molecule is O=C(NCc1ccccc1)C1CC(=O)N(C2CN(C3CCCCC3)C2)C1. The molecule has 1 aromatic rings. The van der Waals surface area contributed by atoms with Crippen LogP contribution in [0.5, 0.6) is 0 Å². The highest BCUT2D eigenvalue weighted by Crippen LogP contribution is 2.30. The van der Waals surface area contributed by atoms with E-state index in [1.165, 1.54) is 32.1 Å². The van der Waals surface area contributed by atoms with Crippen LogP contribution in [0.15, 0.2) is 30.3 Å². The van der Waals surface area contributed by atoms with Gasteiger partial charge in [-0.3, -0.25) is 14.5 Å². The van der Waals surface area contributed by atoms with Crippen molar-refractivity contribution in [2.45, 2.75) is 57.2 Å². The van der Waals surface area contributed by atoms with Gasteiger partial charge in [-0.05, 0) is 18.4 Å². The number of hydrogen-bond donors (Lipinski definition) is 1. The molecular weight excluding hydrogens is 326 g/mol. The number of nitrogens with one attached hydrogen (secondary N) is 1. The number of nitrogens with zero attached hydrogens (tertiary/aromatic N) is 2. The molecule has 0 bridgehead atoms. The summed E-state index contributed by atoms with van der Waals surface area (Å²) in [6.45, 7) is 3.11. The molecule has 1 aromatic carbocycles. The van der Waals surface area contributed by atoms with Gasteiger partial charge in [0.25, 0.3) is 0 Å². The molecule has 2 aliphatic heterocycles. The molecule has 1 saturated carbocycles. The molecule has 5 heteroatoms. The average molecular weight is 355 g/mol. The summed E-state index contributed by atoms with van der Waals surface area (Å²) < 4.78 is 0. The first kappa shape index (κ1) is 17.5. The molecule has 1 aliphatic carbocycles. The largest absolute Gasteiger partial charge is 0.352 e. The molecule has 3 fully saturated rings. The lowest BCUT2D eigenvalue weighted by atomic mass is 9.91. The second-order valence-corrected chi connectivity index (χ2v) is 8.05. The van der Waals surface area contributed by atoms with Crippen LogP contribution in [0.2, 0.25) is 0 Å². The number of amides is 2. The summed E-state index contributed by atoms with van der Waals surface area (Å²) in [5, 5.41) is 2.99. The highest BCUT2D eigenvalue weighted by molar-refractivity contribution is 5.89. The van der Waals surface area contributed by atoms with Crippen LogP contribution in [0.25, 0.3) is 0 Å². The molecule has 0 spiro atoms. The van der Waals surface area contributed by atoms with Crippen molar-refractivity contribution in [1.82, 2.24) is 15.1 Å². The highest BCUT2D eigenvalue weighted by atomic mass is 16.2. The number of carbonyl (C=O) groups excluding carboxylic acids is 2. The Labute approximate surface area is 155 Å². The number of hydrogen-bond acceptors (Lipinski definition) is 3. The summed E-state index contributed by atoms with van der Waals surface area (Å²) in [7, 11) is 0. The maximum Gasteiger partial charge on any atom is 0.225 e. The molecule has 1 atom stereocenters. The molecule has 0 aromatic heterocycles. The Morgan fingerprint density at radius 2 is 1.73 bits per heavy atom. The summed E-state index contributed by atoms with van der Waals surface area (Å²) in [6.07, 6.45) is 7.05. The van der Waals surface area contributed by atoms with Gasteiger partial charge in [0.1, 0.15) is 0 Å². The lowest BCUT2D eigenvalue weighted by Gasteiger charge is -2.48. The van der Waals surface area contributed by atoms with Gasteiger partial charge in [0.15, 0.2) is 0 Å². The summed E-state index contributed by atoms with van der Waals surface area (Å²) >= 11 is 0. The van der Waals surface area contributed by atoms with Crippen LogP contribution in [0.4, 0.5) is 0 Å². The molecule has 3 aliphatic rings. The van der Waals surface area contributed by atoms with Crippen molar-refractivity contribution in [3.63, 3.8) is 0 Å². The van der Waals surface area contributed by atoms with Crippen LogP contribution in [0.3, 0.4) is 0 Å². The summed E-state index contributed by atoms with van der Waals surface area (Å²) in [5.74, 6) is -0.0405. The minimum Gasteiger partial charge on any atom is -0.352 e. The number of likely N-dealkylation sites (tertiary alicyclic amines) is 2. The zero-order chi connectivity index (χ0) is 17.9. The van der Waals surface area contributed by atoms with Crippen LogP contribution < -0.4 is 5.32 Å². The fourth-order valence-corrected chi connectivity index (χ4v) is 4.62. The van der Waals surface area contributed by atoms with Gasteiger partial charge in [0, 0.05) is 38.6 Å². The maximum atomic E-state index is 12.4. The van der Waals surface area contributed by atoms with Crippen molar-refractivity contribution >= 4 is 11.8 Å². The Hall–Kier alpha value is -1.88. The van der Waals surface area contributed by atoms with Gasteiger partial charge in [-0.25, -0.2) is 0 Å². The number of benzene rings is 1. The normalized spacial score (nSPS) is 25.3. The molecule has 5 nitrogen and oxygen atoms in total. The van der Waals surface area contributed by atoms with E-state index in [9.17, 15) is 9.59 Å². The van der Waals surface area contributed by atoms with E-state index in [0.29, 0.717) is 25.6 Å². The summed E-state index contributed by atoms with van der Waals surface area (Å²) in [5.41, 5.74) is 1.09. The van der Waals surface area contributed by atoms with Gasteiger partial charge < -0.3 is 10.2 Å². The van der Waals surface area contributed by atoms with E-state index in [0.717, 1.165) is 24.7 Å². The molecule has 2 saturated heterocycles. The zero-order valence-corrected chi connectivity index (χ0v) is 15.4. The van der Waals surface area contributed by atoms with Crippen LogP contribution in [-0.2, 0) is 16.1 Å². The minimum atomic E-state index is -0.199. The molecule has 1 N–H and O–H groups in total. The van der Waals surface area contributed by atoms with Crippen molar-refractivity contribution in [1.29, 1.82) is 0 Å². The number of carbonyl (C=O) groups is 2. The fraction of sp³-hybridized carbons (Fsp3) is 0.619. The monoisotopic (exact) mass is 355 g/mol. The number of rotatable bonds is 5. The fourth-order valence-electron chi connectivity index (χ4n) is 4.62. The first-order valence-electron chi connectivity index (χ1n) is 10.1. The lowest BCUT2D eigenvalue weighted by Crippen LogP contribution is -2.62. The van der Waals surface area contributed by atoms with Crippen LogP contribution in [0.1, 0.15) is 44.1 Å². The van der Waals surface area contributed by atoms with E-state index in [2.05, 4.69) is 10.2 Å². The van der Waals surface area contributed by atoms with Crippen LogP contribution in [-0.4, -0.2) is 53.3 Å². The van der Waals surface area contributed by atoms with E-state index >= 15 is 0 Å². The van der Waals surface area contributed by atoms with Gasteiger partial charge >= 0.3 is 0 Å². The molecule has 0 radical (unpaired) electrons. The standard InChI is InChI=1S/C21H29N3O2/c25-20-11-17(21(26)22-12-16-7-3-1-4-8-16)13-24(20)19-14-23(15-19)18-9-5-2-6-10-18/h1,3-4,7-8,17-19H,2,5-6,9-15H2,(H,22,26). The Balaban J connectivity index is 1.24. The molecule has 1 unspecified atom stereocenters. The third-order valence-electron chi connectivity index (χ3n) is 6.26. The lowest BCUT2D eigenvalue weighted by molar-refractivity contribution is -0.134. The third kappa shape index (κ3) is 3.78. The quantitative estimate of drug-likeness (QED) is 0.881. The molecule has 4 rings (SSSR count). The molecule has 140 valence electrons. The zero-order valence-electron chi connectivity index (χ0n) is 15.4. The van der Waals surface area contributed by atoms with Gasteiger partial charge in [-0.15, -0.1) is 0 Å². The average Bonchev–Trinajstić information content (AvgIpc) is 3.02. The van der Waals surface area contributed by atoms with E-state index < -0.39 is 0 Å². The maximum absolute atomic E-state index is 12.4. The van der Waals surface area contributed by atoms with Crippen molar-refractivity contribution in [3.05, 3.63) is 35.9 Å². The smallest absolute Gasteiger partial charge is 0.225 e. The van der Waals surface area contributed by atoms with Gasteiger partial charge in [-0.1, -0.05) is 49.6 Å². The van der Waals surface area contributed by atoms with E-state index in [-0.39, 0.29) is 17.7 Å². The van der Waals surface area contributed by atoms with Crippen molar-refractivity contribution in [3.8, 4) is 0 Å². The predicted octanol–water partition coefficient (Wildman–Crippen LogP) is 2.17. The summed E-state index contributed by atoms with van der Waals surface area (Å²) in [6, 6.07) is 10.9. The van der Waals surface area contributed by atoms with Crippen molar-refractivity contribution in [2.75, 3.05) is 19.6 Å². The van der Waals surface area contributed by atoms with Crippen molar-refractivity contribution in [2.24, 2.45) is 5.92 Å². The first-order chi connectivity index (χ1) is 12.7. The van der Waals surface area contributed by atoms with E-state index in [4.69, 9.17) is 0 Å². The third-order valence-corrected chi connectivity index (χ3v) is 6.26. The van der Waals surface area contributed by atoms with Crippen LogP contribution in [0, 0.1) is 5.92 Å². The highest BCUT2D eigenvalue weighted by Gasteiger charge is 2.43. The topological polar surface area (TPSA) is 52.7 Å². The van der Waals surface area contributed by atoms with Crippen LogP contribution >= 0.6 is 0 Å². The van der Waals surface area contributed by atoms with Gasteiger partial charge in [0.2, 0.25) is 11.8 Å². The Kier molecular flexibility index (Phi) is 5.25.